The second-order valence-corrected chi connectivity index (χ2v) is 10.2. The maximum Gasteiger partial charge on any atom is 0.344 e. The lowest BCUT2D eigenvalue weighted by Crippen LogP contribution is -2.34. The number of nitrogens with zero attached hydrogens (tertiary/aromatic N) is 3. The van der Waals surface area contributed by atoms with Gasteiger partial charge >= 0.3 is 6.03 Å². The van der Waals surface area contributed by atoms with E-state index in [1.54, 1.807) is 39.0 Å². The fourth-order valence-electron chi connectivity index (χ4n) is 2.99. The Morgan fingerprint density at radius 1 is 1.11 bits per heavy atom. The average Bonchev–Trinajstić information content (AvgIpc) is 3.09. The highest BCUT2D eigenvalue weighted by Crippen LogP contribution is 2.31. The third-order valence-corrected chi connectivity index (χ3v) is 7.64. The van der Waals surface area contributed by atoms with Crippen LogP contribution in [0.4, 0.5) is 4.79 Å². The smallest absolute Gasteiger partial charge is 0.323 e. The van der Waals surface area contributed by atoms with Crippen LogP contribution >= 0.6 is 0 Å². The lowest BCUT2D eigenvalue weighted by molar-refractivity contribution is 0.201. The van der Waals surface area contributed by atoms with Gasteiger partial charge in [0.25, 0.3) is 0 Å². The van der Waals surface area contributed by atoms with Crippen LogP contribution in [0.3, 0.4) is 0 Å². The van der Waals surface area contributed by atoms with E-state index in [1.165, 1.54) is 4.90 Å². The summed E-state index contributed by atoms with van der Waals surface area (Å²) in [6.07, 6.45) is 2.32. The second kappa shape index (κ2) is 8.04. The lowest BCUT2D eigenvalue weighted by Gasteiger charge is -2.17. The van der Waals surface area contributed by atoms with Crippen molar-refractivity contribution in [2.45, 2.75) is 48.9 Å². The molecule has 1 aromatic carbocycles. The molecule has 2 rings (SSSR count). The van der Waals surface area contributed by atoms with Crippen molar-refractivity contribution in [3.63, 3.8) is 0 Å². The molecular weight excluding hydrogens is 402 g/mol. The predicted octanol–water partition coefficient (Wildman–Crippen LogP) is 2.30. The zero-order valence-electron chi connectivity index (χ0n) is 16.6. The van der Waals surface area contributed by atoms with Crippen molar-refractivity contribution in [2.75, 3.05) is 19.3 Å². The van der Waals surface area contributed by atoms with Crippen LogP contribution in [0.5, 0.6) is 0 Å². The van der Waals surface area contributed by atoms with Crippen molar-refractivity contribution in [3.05, 3.63) is 35.5 Å². The fourth-order valence-corrected chi connectivity index (χ4v) is 6.18. The van der Waals surface area contributed by atoms with E-state index in [9.17, 15) is 21.6 Å². The summed E-state index contributed by atoms with van der Waals surface area (Å²) >= 11 is 0. The molecule has 154 valence electrons. The van der Waals surface area contributed by atoms with Crippen molar-refractivity contribution in [1.29, 1.82) is 0 Å². The quantitative estimate of drug-likeness (QED) is 0.700. The molecule has 0 saturated carbocycles. The number of carbonyl (C=O) groups is 1. The van der Waals surface area contributed by atoms with Gasteiger partial charge in [-0.3, -0.25) is 0 Å². The lowest BCUT2D eigenvalue weighted by atomic mass is 10.1. The summed E-state index contributed by atoms with van der Waals surface area (Å²) < 4.78 is 52.1. The minimum absolute atomic E-state index is 0.0305. The molecule has 0 aliphatic carbocycles. The molecule has 0 aliphatic rings. The summed E-state index contributed by atoms with van der Waals surface area (Å²) in [4.78, 5) is 13.5. The standard InChI is InChI=1S/C18H25N3O5S2/c1-6-14-11-9-10-13(4)16(14)28(25,26)17-15(27(5,23)24)12-21(19-17)18(22)20(7-2)8-3/h9-12H,6-8H2,1-5H3. The molecule has 0 spiro atoms. The molecule has 0 bridgehead atoms. The summed E-state index contributed by atoms with van der Waals surface area (Å²) in [5.74, 6) is 0. The van der Waals surface area contributed by atoms with Gasteiger partial charge in [0.05, 0.1) is 11.1 Å². The van der Waals surface area contributed by atoms with Crippen LogP contribution < -0.4 is 0 Å². The molecule has 1 heterocycles. The van der Waals surface area contributed by atoms with Gasteiger partial charge in [-0.25, -0.2) is 21.6 Å². The third-order valence-electron chi connectivity index (χ3n) is 4.48. The van der Waals surface area contributed by atoms with Crippen LogP contribution in [-0.2, 0) is 26.1 Å². The normalized spacial score (nSPS) is 12.2. The van der Waals surface area contributed by atoms with E-state index >= 15 is 0 Å². The Morgan fingerprint density at radius 2 is 1.71 bits per heavy atom. The number of aryl methyl sites for hydroxylation is 2. The highest BCUT2D eigenvalue weighted by Gasteiger charge is 2.34. The van der Waals surface area contributed by atoms with E-state index in [0.717, 1.165) is 17.1 Å². The predicted molar refractivity (Wildman–Crippen MR) is 105 cm³/mol. The molecule has 0 unspecified atom stereocenters. The maximum absolute atomic E-state index is 13.4. The second-order valence-electron chi connectivity index (χ2n) is 6.39. The molecule has 1 amide bonds. The first-order chi connectivity index (χ1) is 13.0. The van der Waals surface area contributed by atoms with E-state index in [-0.39, 0.29) is 4.90 Å². The molecule has 2 aromatic rings. The Kier molecular flexibility index (Phi) is 6.34. The summed E-state index contributed by atoms with van der Waals surface area (Å²) in [6.45, 7) is 7.74. The highest BCUT2D eigenvalue weighted by molar-refractivity contribution is 7.94. The van der Waals surface area contributed by atoms with Crippen molar-refractivity contribution in [3.8, 4) is 0 Å². The van der Waals surface area contributed by atoms with Gasteiger partial charge in [-0.2, -0.15) is 9.78 Å². The first-order valence-electron chi connectivity index (χ1n) is 8.91. The Labute approximate surface area is 166 Å². The van der Waals surface area contributed by atoms with Gasteiger partial charge in [0.1, 0.15) is 4.90 Å². The van der Waals surface area contributed by atoms with Gasteiger partial charge in [-0.15, -0.1) is 0 Å². The van der Waals surface area contributed by atoms with E-state index in [2.05, 4.69) is 5.10 Å². The molecule has 8 nitrogen and oxygen atoms in total. The van der Waals surface area contributed by atoms with Crippen molar-refractivity contribution in [2.24, 2.45) is 0 Å². The monoisotopic (exact) mass is 427 g/mol. The molecule has 0 fully saturated rings. The van der Waals surface area contributed by atoms with Gasteiger partial charge in [0.15, 0.2) is 9.84 Å². The molecular formula is C18H25N3O5S2. The summed E-state index contributed by atoms with van der Waals surface area (Å²) in [5.41, 5.74) is 1.05. The Balaban J connectivity index is 2.80. The number of amides is 1. The molecule has 10 heteroatoms. The van der Waals surface area contributed by atoms with Crippen LogP contribution in [0.15, 0.2) is 39.2 Å². The Hall–Kier alpha value is -2.20. The zero-order valence-corrected chi connectivity index (χ0v) is 18.3. The van der Waals surface area contributed by atoms with E-state index in [4.69, 9.17) is 0 Å². The Bertz CT molecular complexity index is 1100. The van der Waals surface area contributed by atoms with Gasteiger partial charge in [0, 0.05) is 19.3 Å². The molecule has 1 aromatic heterocycles. The largest absolute Gasteiger partial charge is 0.344 e. The number of carbonyl (C=O) groups excluding carboxylic acids is 1. The van der Waals surface area contributed by atoms with E-state index in [0.29, 0.717) is 30.6 Å². The number of hydrogen-bond acceptors (Lipinski definition) is 6. The van der Waals surface area contributed by atoms with Gasteiger partial charge in [0.2, 0.25) is 14.9 Å². The van der Waals surface area contributed by atoms with E-state index < -0.39 is 35.6 Å². The SMILES string of the molecule is CCc1cccc(C)c1S(=O)(=O)c1nn(C(=O)N(CC)CC)cc1S(C)(=O)=O. The number of rotatable bonds is 6. The van der Waals surface area contributed by atoms with Crippen molar-refractivity contribution < 1.29 is 21.6 Å². The zero-order chi connectivity index (χ0) is 21.3. The number of sulfone groups is 2. The minimum atomic E-state index is -4.26. The molecule has 0 aliphatic heterocycles. The molecule has 0 saturated heterocycles. The van der Waals surface area contributed by atoms with Gasteiger partial charge in [-0.05, 0) is 38.3 Å². The van der Waals surface area contributed by atoms with E-state index in [1.807, 2.05) is 6.92 Å². The molecule has 0 atom stereocenters. The maximum atomic E-state index is 13.4. The molecule has 28 heavy (non-hydrogen) atoms. The number of aromatic nitrogens is 2. The van der Waals surface area contributed by atoms with Crippen molar-refractivity contribution in [1.82, 2.24) is 14.7 Å². The summed E-state index contributed by atoms with van der Waals surface area (Å²) in [7, 11) is -8.20. The average molecular weight is 428 g/mol. The van der Waals surface area contributed by atoms with Crippen LogP contribution in [-0.4, -0.2) is 56.9 Å². The topological polar surface area (TPSA) is 106 Å². The number of benzene rings is 1. The van der Waals surface area contributed by atoms with Crippen LogP contribution in [0, 0.1) is 6.92 Å². The van der Waals surface area contributed by atoms with Crippen molar-refractivity contribution >= 4 is 25.7 Å². The molecule has 0 N–H and O–H groups in total. The minimum Gasteiger partial charge on any atom is -0.323 e. The number of hydrogen-bond donors (Lipinski definition) is 0. The fraction of sp³-hybridized carbons (Fsp3) is 0.444. The third kappa shape index (κ3) is 3.97. The Morgan fingerprint density at radius 3 is 2.21 bits per heavy atom. The first-order valence-corrected chi connectivity index (χ1v) is 12.3. The highest BCUT2D eigenvalue weighted by atomic mass is 32.2. The summed E-state index contributed by atoms with van der Waals surface area (Å²) in [5, 5.41) is 3.29. The molecule has 0 radical (unpaired) electrons. The van der Waals surface area contributed by atoms with Crippen LogP contribution in [0.1, 0.15) is 31.9 Å². The first kappa shape index (κ1) is 22.1. The summed E-state index contributed by atoms with van der Waals surface area (Å²) in [6, 6.07) is 4.48. The van der Waals surface area contributed by atoms with Gasteiger partial charge < -0.3 is 4.90 Å². The van der Waals surface area contributed by atoms with Crippen LogP contribution in [0.25, 0.3) is 0 Å². The van der Waals surface area contributed by atoms with Crippen LogP contribution in [0.2, 0.25) is 0 Å². The van der Waals surface area contributed by atoms with Gasteiger partial charge in [-0.1, -0.05) is 25.1 Å².